The summed E-state index contributed by atoms with van der Waals surface area (Å²) in [6.45, 7) is 0. The van der Waals surface area contributed by atoms with E-state index in [4.69, 9.17) is 11.6 Å². The molecule has 1 unspecified atom stereocenters. The van der Waals surface area contributed by atoms with Crippen molar-refractivity contribution in [3.63, 3.8) is 0 Å². The van der Waals surface area contributed by atoms with Crippen LogP contribution in [0.5, 0.6) is 0 Å². The number of nitro benzene ring substituents is 1. The number of rotatable bonds is 6. The van der Waals surface area contributed by atoms with Gasteiger partial charge in [0.1, 0.15) is 0 Å². The minimum Gasteiger partial charge on any atom is -0.341 e. The zero-order valence-corrected chi connectivity index (χ0v) is 17.4. The predicted octanol–water partition coefficient (Wildman–Crippen LogP) is 4.23. The highest BCUT2D eigenvalue weighted by molar-refractivity contribution is 7.90. The van der Waals surface area contributed by atoms with Crippen LogP contribution in [-0.4, -0.2) is 25.5 Å². The first kappa shape index (κ1) is 21.0. The average molecular weight is 451 g/mol. The van der Waals surface area contributed by atoms with Crippen molar-refractivity contribution in [1.82, 2.24) is 5.32 Å². The van der Waals surface area contributed by atoms with Crippen molar-refractivity contribution in [3.8, 4) is 0 Å². The van der Waals surface area contributed by atoms with E-state index in [2.05, 4.69) is 5.32 Å². The Balaban J connectivity index is 2.01. The van der Waals surface area contributed by atoms with Gasteiger partial charge in [-0.05, 0) is 46.2 Å². The van der Waals surface area contributed by atoms with E-state index in [1.807, 2.05) is 16.8 Å². The van der Waals surface area contributed by atoms with E-state index in [-0.39, 0.29) is 10.5 Å². The zero-order valence-electron chi connectivity index (χ0n) is 15.0. The van der Waals surface area contributed by atoms with Crippen LogP contribution >= 0.6 is 22.9 Å². The molecule has 0 bridgehead atoms. The van der Waals surface area contributed by atoms with E-state index in [0.29, 0.717) is 5.02 Å². The number of thiophene rings is 1. The number of hydrogen-bond acceptors (Lipinski definition) is 6. The fourth-order valence-corrected chi connectivity index (χ4v) is 4.19. The predicted molar refractivity (Wildman–Crippen MR) is 111 cm³/mol. The summed E-state index contributed by atoms with van der Waals surface area (Å²) in [5, 5.41) is 18.3. The molecule has 0 radical (unpaired) electrons. The molecule has 1 amide bonds. The molecular weight excluding hydrogens is 436 g/mol. The van der Waals surface area contributed by atoms with Gasteiger partial charge in [-0.25, -0.2) is 8.42 Å². The number of benzene rings is 2. The van der Waals surface area contributed by atoms with Crippen LogP contribution < -0.4 is 5.32 Å². The zero-order chi connectivity index (χ0) is 21.2. The summed E-state index contributed by atoms with van der Waals surface area (Å²) >= 11 is 7.40. The van der Waals surface area contributed by atoms with E-state index in [1.54, 1.807) is 24.3 Å². The second-order valence-corrected chi connectivity index (χ2v) is 9.49. The number of sulfone groups is 1. The van der Waals surface area contributed by atoms with Gasteiger partial charge < -0.3 is 5.32 Å². The number of carbonyl (C=O) groups is 1. The monoisotopic (exact) mass is 450 g/mol. The molecular formula is C19H15ClN2O5S2. The van der Waals surface area contributed by atoms with E-state index in [1.165, 1.54) is 11.3 Å². The lowest BCUT2D eigenvalue weighted by Crippen LogP contribution is -2.29. The van der Waals surface area contributed by atoms with Crippen LogP contribution in [0.15, 0.2) is 64.2 Å². The van der Waals surface area contributed by atoms with Crippen LogP contribution in [0.25, 0.3) is 0 Å². The Morgan fingerprint density at radius 1 is 1.14 bits per heavy atom. The molecule has 0 spiro atoms. The Bertz CT molecular complexity index is 1160. The van der Waals surface area contributed by atoms with Gasteiger partial charge in [-0.1, -0.05) is 23.7 Å². The summed E-state index contributed by atoms with van der Waals surface area (Å²) in [6, 6.07) is 11.3. The highest BCUT2D eigenvalue weighted by Gasteiger charge is 2.22. The average Bonchev–Trinajstić information content (AvgIpc) is 3.20. The maximum absolute atomic E-state index is 12.9. The first-order chi connectivity index (χ1) is 13.6. The molecule has 0 saturated heterocycles. The normalized spacial score (nSPS) is 12.3. The maximum Gasteiger partial charge on any atom is 0.271 e. The van der Waals surface area contributed by atoms with E-state index >= 15 is 0 Å². The number of nitro groups is 1. The minimum absolute atomic E-state index is 0.117. The number of nitrogens with one attached hydrogen (secondary N) is 1. The molecule has 1 heterocycles. The molecule has 1 aromatic heterocycles. The topological polar surface area (TPSA) is 106 Å². The number of halogens is 1. The highest BCUT2D eigenvalue weighted by Crippen LogP contribution is 2.27. The Labute approximate surface area is 176 Å². The summed E-state index contributed by atoms with van der Waals surface area (Å²) in [4.78, 5) is 23.0. The quantitative estimate of drug-likeness (QED) is 0.446. The van der Waals surface area contributed by atoms with Gasteiger partial charge in [-0.3, -0.25) is 14.9 Å². The standard InChI is InChI=1S/C19H15ClN2O5S2/c1-29(26,27)17-9-14(8-16(10-17)22(24)25)19(23)21-18(13-6-7-28-11-13)12-2-4-15(20)5-3-12/h2-11,18H,1H3,(H,21,23). The lowest BCUT2D eigenvalue weighted by Gasteiger charge is -2.19. The van der Waals surface area contributed by atoms with Crippen LogP contribution in [0.1, 0.15) is 27.5 Å². The largest absolute Gasteiger partial charge is 0.341 e. The molecule has 3 rings (SSSR count). The maximum atomic E-state index is 12.9. The molecule has 0 fully saturated rings. The van der Waals surface area contributed by atoms with Gasteiger partial charge in [-0.15, -0.1) is 0 Å². The van der Waals surface area contributed by atoms with Crippen LogP contribution in [0.3, 0.4) is 0 Å². The first-order valence-corrected chi connectivity index (χ1v) is 11.4. The van der Waals surface area contributed by atoms with Crippen molar-refractivity contribution in [3.05, 3.63) is 91.1 Å². The Kier molecular flexibility index (Phi) is 6.02. The molecule has 7 nitrogen and oxygen atoms in total. The van der Waals surface area contributed by atoms with Gasteiger partial charge in [-0.2, -0.15) is 11.3 Å². The minimum atomic E-state index is -3.74. The fourth-order valence-electron chi connectivity index (χ4n) is 2.70. The molecule has 10 heteroatoms. The lowest BCUT2D eigenvalue weighted by atomic mass is 10.0. The summed E-state index contributed by atoms with van der Waals surface area (Å²) < 4.78 is 23.8. The molecule has 0 saturated carbocycles. The van der Waals surface area contributed by atoms with Gasteiger partial charge >= 0.3 is 0 Å². The SMILES string of the molecule is CS(=O)(=O)c1cc(C(=O)NC(c2ccc(Cl)cc2)c2ccsc2)cc([N+](=O)[O-])c1. The molecule has 2 aromatic carbocycles. The van der Waals surface area contributed by atoms with E-state index in [9.17, 15) is 23.3 Å². The molecule has 0 aliphatic rings. The Hall–Kier alpha value is -2.75. The van der Waals surface area contributed by atoms with Crippen LogP contribution in [0.2, 0.25) is 5.02 Å². The highest BCUT2D eigenvalue weighted by atomic mass is 35.5. The third-order valence-electron chi connectivity index (χ3n) is 4.15. The van der Waals surface area contributed by atoms with Crippen molar-refractivity contribution < 1.29 is 18.1 Å². The second kappa shape index (κ2) is 8.32. The summed E-state index contributed by atoms with van der Waals surface area (Å²) in [7, 11) is -3.74. The molecule has 1 N–H and O–H groups in total. The third-order valence-corrected chi connectivity index (χ3v) is 6.19. The van der Waals surface area contributed by atoms with Gasteiger partial charge in [0.05, 0.1) is 15.9 Å². The number of non-ortho nitro benzene ring substituents is 1. The molecule has 0 aliphatic heterocycles. The van der Waals surface area contributed by atoms with Crippen LogP contribution in [0, 0.1) is 10.1 Å². The fraction of sp³-hybridized carbons (Fsp3) is 0.105. The number of nitrogens with zero attached hydrogens (tertiary/aromatic N) is 1. The summed E-state index contributed by atoms with van der Waals surface area (Å²) in [6.07, 6.45) is 0.926. The molecule has 3 aromatic rings. The Morgan fingerprint density at radius 3 is 2.38 bits per heavy atom. The number of carbonyl (C=O) groups excluding carboxylic acids is 1. The molecule has 29 heavy (non-hydrogen) atoms. The van der Waals surface area contributed by atoms with Gasteiger partial charge in [0, 0.05) is 29.0 Å². The first-order valence-electron chi connectivity index (χ1n) is 8.23. The number of amides is 1. The number of hydrogen-bond donors (Lipinski definition) is 1. The van der Waals surface area contributed by atoms with Crippen LogP contribution in [-0.2, 0) is 9.84 Å². The van der Waals surface area contributed by atoms with Gasteiger partial charge in [0.2, 0.25) is 0 Å². The van der Waals surface area contributed by atoms with Crippen LogP contribution in [0.4, 0.5) is 5.69 Å². The second-order valence-electron chi connectivity index (χ2n) is 6.26. The summed E-state index contributed by atoms with van der Waals surface area (Å²) in [5.41, 5.74) is 0.986. The molecule has 1 atom stereocenters. The molecule has 150 valence electrons. The van der Waals surface area contributed by atoms with Crippen molar-refractivity contribution >= 4 is 44.4 Å². The summed E-state index contributed by atoms with van der Waals surface area (Å²) in [5.74, 6) is -0.634. The Morgan fingerprint density at radius 2 is 1.83 bits per heavy atom. The van der Waals surface area contributed by atoms with Crippen molar-refractivity contribution in [2.75, 3.05) is 6.26 Å². The van der Waals surface area contributed by atoms with Crippen molar-refractivity contribution in [1.29, 1.82) is 0 Å². The lowest BCUT2D eigenvalue weighted by molar-refractivity contribution is -0.385. The van der Waals surface area contributed by atoms with Crippen molar-refractivity contribution in [2.24, 2.45) is 0 Å². The van der Waals surface area contributed by atoms with Gasteiger partial charge in [0.15, 0.2) is 9.84 Å². The van der Waals surface area contributed by atoms with E-state index < -0.39 is 32.4 Å². The van der Waals surface area contributed by atoms with Gasteiger partial charge in [0.25, 0.3) is 11.6 Å². The third kappa shape index (κ3) is 5.00. The smallest absolute Gasteiger partial charge is 0.271 e. The molecule has 0 aliphatic carbocycles. The van der Waals surface area contributed by atoms with E-state index in [0.717, 1.165) is 35.6 Å². The van der Waals surface area contributed by atoms with Crippen molar-refractivity contribution in [2.45, 2.75) is 10.9 Å².